The van der Waals surface area contributed by atoms with Gasteiger partial charge < -0.3 is 14.8 Å². The Morgan fingerprint density at radius 1 is 1.07 bits per heavy atom. The molecule has 0 saturated carbocycles. The maximum atomic E-state index is 13.6. The Labute approximate surface area is 239 Å². The number of aryl methyl sites for hydroxylation is 1. The van der Waals surface area contributed by atoms with E-state index in [0.717, 1.165) is 34.6 Å². The zero-order valence-electron chi connectivity index (χ0n) is 23.7. The van der Waals surface area contributed by atoms with Gasteiger partial charge in [-0.15, -0.1) is 0 Å². The lowest BCUT2D eigenvalue weighted by Gasteiger charge is -2.21. The largest absolute Gasteiger partial charge is 0.465 e. The van der Waals surface area contributed by atoms with Crippen LogP contribution in [-0.2, 0) is 16.5 Å². The van der Waals surface area contributed by atoms with Gasteiger partial charge in [0.1, 0.15) is 11.5 Å². The summed E-state index contributed by atoms with van der Waals surface area (Å²) in [7, 11) is 4.90. The number of nitrogens with one attached hydrogen (secondary N) is 2. The maximum Gasteiger partial charge on any atom is 0.337 e. The summed E-state index contributed by atoms with van der Waals surface area (Å²) >= 11 is 0. The molecule has 1 fully saturated rings. The number of carbonyl (C=O) groups is 2. The van der Waals surface area contributed by atoms with Crippen molar-refractivity contribution in [2.45, 2.75) is 18.9 Å². The van der Waals surface area contributed by atoms with Gasteiger partial charge >= 0.3 is 12.0 Å². The number of urea groups is 1. The first kappa shape index (κ1) is 28.1. The number of hydrogen-bond donors (Lipinski definition) is 2. The Bertz CT molecular complexity index is 1510. The van der Waals surface area contributed by atoms with Crippen molar-refractivity contribution in [2.75, 3.05) is 45.8 Å². The predicted octanol–water partition coefficient (Wildman–Crippen LogP) is 3.60. The van der Waals surface area contributed by atoms with Crippen molar-refractivity contribution in [1.82, 2.24) is 29.8 Å². The molecule has 0 aliphatic carbocycles. The van der Waals surface area contributed by atoms with Crippen LogP contribution in [0.25, 0.3) is 16.9 Å². The molecule has 0 radical (unpaired) electrons. The lowest BCUT2D eigenvalue weighted by Crippen LogP contribution is -2.42. The molecule has 4 aromatic rings. The summed E-state index contributed by atoms with van der Waals surface area (Å²) in [5, 5.41) is 15.4. The van der Waals surface area contributed by atoms with Crippen molar-refractivity contribution in [2.24, 2.45) is 7.05 Å². The number of anilines is 1. The van der Waals surface area contributed by atoms with E-state index in [1.54, 1.807) is 28.7 Å². The third-order valence-corrected chi connectivity index (χ3v) is 7.39. The number of nitrogens with zero attached hydrogens (tertiary/aromatic N) is 5. The summed E-state index contributed by atoms with van der Waals surface area (Å²) < 4.78 is 13.7. The summed E-state index contributed by atoms with van der Waals surface area (Å²) in [6.45, 7) is 4.61. The van der Waals surface area contributed by atoms with Crippen LogP contribution >= 0.6 is 0 Å². The number of hydrogen-bond acceptors (Lipinski definition) is 7. The third kappa shape index (κ3) is 6.16. The molecule has 2 atom stereocenters. The Morgan fingerprint density at radius 2 is 1.88 bits per heavy atom. The molecule has 41 heavy (non-hydrogen) atoms. The highest BCUT2D eigenvalue weighted by Gasteiger charge is 2.35. The molecule has 1 saturated heterocycles. The first-order valence-electron chi connectivity index (χ1n) is 13.5. The van der Waals surface area contributed by atoms with Crippen LogP contribution in [0.5, 0.6) is 0 Å². The van der Waals surface area contributed by atoms with Crippen molar-refractivity contribution >= 4 is 17.8 Å². The average molecular weight is 558 g/mol. The molecule has 2 aromatic carbocycles. The van der Waals surface area contributed by atoms with Gasteiger partial charge in [0, 0.05) is 57.0 Å². The average Bonchev–Trinajstić information content (AvgIpc) is 3.69. The van der Waals surface area contributed by atoms with Crippen molar-refractivity contribution in [3.63, 3.8) is 0 Å². The fraction of sp³-hybridized carbons (Fsp3) is 0.333. The van der Waals surface area contributed by atoms with Gasteiger partial charge in [0.2, 0.25) is 0 Å². The first-order chi connectivity index (χ1) is 19.9. The number of benzene rings is 2. The normalized spacial score (nSPS) is 17.0. The number of aromatic nitrogens is 4. The van der Waals surface area contributed by atoms with Gasteiger partial charge in [-0.25, -0.2) is 14.3 Å². The molecule has 214 valence electrons. The van der Waals surface area contributed by atoms with Crippen molar-refractivity contribution in [3.05, 3.63) is 83.7 Å². The molecular formula is C30H35N7O4. The Hall–Kier alpha value is -4.48. The standard InChI is InChI=1S/C30H35N7O4/c1-20-27(23-16-31-35(2)17-23)34-37(24-11-6-5-7-12-24)28(20)33-30(39)32-26-19-36(13-14-40-3)18-25(26)21-9-8-10-22(15-21)29(38)41-4/h5-12,15-17,25-26H,13-14,18-19H2,1-4H3,(H2,32,33,39)/t25-,26+/m0/s1. The molecule has 0 unspecified atom stereocenters. The zero-order valence-corrected chi connectivity index (χ0v) is 23.7. The molecule has 11 nitrogen and oxygen atoms in total. The van der Waals surface area contributed by atoms with Gasteiger partial charge in [0.05, 0.1) is 37.2 Å². The number of esters is 1. The van der Waals surface area contributed by atoms with Gasteiger partial charge in [-0.1, -0.05) is 30.3 Å². The van der Waals surface area contributed by atoms with Crippen LogP contribution in [0.3, 0.4) is 0 Å². The van der Waals surface area contributed by atoms with Crippen LogP contribution in [0.4, 0.5) is 10.6 Å². The van der Waals surface area contributed by atoms with E-state index in [1.807, 2.05) is 68.7 Å². The number of ether oxygens (including phenoxy) is 2. The minimum absolute atomic E-state index is 0.0340. The van der Waals surface area contributed by atoms with E-state index in [2.05, 4.69) is 20.6 Å². The van der Waals surface area contributed by atoms with E-state index in [0.29, 0.717) is 31.1 Å². The molecule has 2 amide bonds. The van der Waals surface area contributed by atoms with Crippen LogP contribution < -0.4 is 10.6 Å². The zero-order chi connectivity index (χ0) is 28.9. The van der Waals surface area contributed by atoms with Gasteiger partial charge in [0.25, 0.3) is 0 Å². The number of amides is 2. The van der Waals surface area contributed by atoms with E-state index >= 15 is 0 Å². The topological polar surface area (TPSA) is 116 Å². The maximum absolute atomic E-state index is 13.6. The summed E-state index contributed by atoms with van der Waals surface area (Å²) in [5.74, 6) is 0.150. The Morgan fingerprint density at radius 3 is 2.59 bits per heavy atom. The van der Waals surface area contributed by atoms with E-state index < -0.39 is 5.97 Å². The number of methoxy groups -OCH3 is 2. The minimum Gasteiger partial charge on any atom is -0.465 e. The fourth-order valence-electron chi connectivity index (χ4n) is 5.31. The third-order valence-electron chi connectivity index (χ3n) is 7.39. The van der Waals surface area contributed by atoms with Crippen molar-refractivity contribution in [3.8, 4) is 16.9 Å². The smallest absolute Gasteiger partial charge is 0.337 e. The SMILES string of the molecule is COCCN1C[C@@H](NC(=O)Nc2c(C)c(-c3cnn(C)c3)nn2-c2ccccc2)[C@H](c2cccc(C(=O)OC)c2)C1. The van der Waals surface area contributed by atoms with E-state index in [4.69, 9.17) is 14.6 Å². The summed E-state index contributed by atoms with van der Waals surface area (Å²) in [6.07, 6.45) is 3.66. The summed E-state index contributed by atoms with van der Waals surface area (Å²) in [5.41, 5.74) is 4.69. The summed E-state index contributed by atoms with van der Waals surface area (Å²) in [6, 6.07) is 16.5. The van der Waals surface area contributed by atoms with Crippen LogP contribution in [0.15, 0.2) is 67.0 Å². The molecule has 2 N–H and O–H groups in total. The Kier molecular flexibility index (Phi) is 8.46. The van der Waals surface area contributed by atoms with Gasteiger partial charge in [-0.2, -0.15) is 10.2 Å². The van der Waals surface area contributed by atoms with Gasteiger partial charge in [-0.05, 0) is 36.8 Å². The molecule has 11 heteroatoms. The van der Waals surface area contributed by atoms with Crippen molar-refractivity contribution < 1.29 is 19.1 Å². The molecule has 1 aliphatic heterocycles. The number of rotatable bonds is 9. The minimum atomic E-state index is -0.391. The molecule has 0 spiro atoms. The second-order valence-corrected chi connectivity index (χ2v) is 10.2. The van der Waals surface area contributed by atoms with Gasteiger partial charge in [-0.3, -0.25) is 14.9 Å². The highest BCUT2D eigenvalue weighted by Crippen LogP contribution is 2.31. The fourth-order valence-corrected chi connectivity index (χ4v) is 5.31. The van der Waals surface area contributed by atoms with E-state index in [-0.39, 0.29) is 18.0 Å². The van der Waals surface area contributed by atoms with Crippen LogP contribution in [-0.4, -0.2) is 83.0 Å². The quantitative estimate of drug-likeness (QED) is 0.302. The highest BCUT2D eigenvalue weighted by atomic mass is 16.5. The monoisotopic (exact) mass is 557 g/mol. The molecule has 1 aliphatic rings. The lowest BCUT2D eigenvalue weighted by atomic mass is 9.93. The number of carbonyl (C=O) groups excluding carboxylic acids is 2. The molecule has 3 heterocycles. The molecule has 5 rings (SSSR count). The van der Waals surface area contributed by atoms with Crippen LogP contribution in [0.1, 0.15) is 27.4 Å². The first-order valence-corrected chi connectivity index (χ1v) is 13.5. The van der Waals surface area contributed by atoms with Crippen molar-refractivity contribution in [1.29, 1.82) is 0 Å². The Balaban J connectivity index is 1.42. The van der Waals surface area contributed by atoms with Crippen LogP contribution in [0, 0.1) is 6.92 Å². The molecular weight excluding hydrogens is 522 g/mol. The molecule has 0 bridgehead atoms. The van der Waals surface area contributed by atoms with E-state index in [1.165, 1.54) is 7.11 Å². The highest BCUT2D eigenvalue weighted by molar-refractivity contribution is 5.91. The molecule has 2 aromatic heterocycles. The number of para-hydroxylation sites is 1. The predicted molar refractivity (Wildman–Crippen MR) is 155 cm³/mol. The second-order valence-electron chi connectivity index (χ2n) is 10.2. The lowest BCUT2D eigenvalue weighted by molar-refractivity contribution is 0.0600. The van der Waals surface area contributed by atoms with Crippen LogP contribution in [0.2, 0.25) is 0 Å². The summed E-state index contributed by atoms with van der Waals surface area (Å²) in [4.78, 5) is 28.0. The van der Waals surface area contributed by atoms with E-state index in [9.17, 15) is 9.59 Å². The van der Waals surface area contributed by atoms with Gasteiger partial charge in [0.15, 0.2) is 0 Å². The second kappa shape index (κ2) is 12.4. The number of likely N-dealkylation sites (tertiary alicyclic amines) is 1.